The first-order chi connectivity index (χ1) is 8.86. The molecule has 0 radical (unpaired) electrons. The normalized spacial score (nSPS) is 12.0. The average molecular weight is 285 g/mol. The Bertz CT molecular complexity index is 493. The topological polar surface area (TPSA) is 57.6 Å². The number of carboxylic acid groups (broad SMARTS) is 1. The summed E-state index contributed by atoms with van der Waals surface area (Å²) >= 11 is 1.22. The van der Waals surface area contributed by atoms with Gasteiger partial charge in [0, 0.05) is 24.1 Å². The summed E-state index contributed by atoms with van der Waals surface area (Å²) < 4.78 is 13.3. The predicted molar refractivity (Wildman–Crippen MR) is 71.9 cm³/mol. The van der Waals surface area contributed by atoms with Crippen LogP contribution in [0.5, 0.6) is 0 Å². The van der Waals surface area contributed by atoms with Crippen LogP contribution in [0.25, 0.3) is 0 Å². The Morgan fingerprint density at radius 3 is 2.63 bits per heavy atom. The largest absolute Gasteiger partial charge is 0.481 e. The van der Waals surface area contributed by atoms with E-state index in [1.165, 1.54) is 48.8 Å². The van der Waals surface area contributed by atoms with E-state index in [9.17, 15) is 14.0 Å². The fourth-order valence-electron chi connectivity index (χ4n) is 1.59. The van der Waals surface area contributed by atoms with E-state index in [1.807, 2.05) is 0 Å². The molecule has 1 N–H and O–H groups in total. The highest BCUT2D eigenvalue weighted by atomic mass is 32.2. The lowest BCUT2D eigenvalue weighted by Gasteiger charge is -2.19. The molecule has 0 aliphatic heterocycles. The molecule has 0 aliphatic rings. The molecule has 19 heavy (non-hydrogen) atoms. The van der Waals surface area contributed by atoms with Crippen molar-refractivity contribution in [2.75, 3.05) is 19.8 Å². The maximum absolute atomic E-state index is 13.3. The highest BCUT2D eigenvalue weighted by molar-refractivity contribution is 7.98. The van der Waals surface area contributed by atoms with Gasteiger partial charge in [-0.2, -0.15) is 0 Å². The number of hydrogen-bond donors (Lipinski definition) is 1. The van der Waals surface area contributed by atoms with E-state index in [0.29, 0.717) is 10.5 Å². The van der Waals surface area contributed by atoms with E-state index >= 15 is 0 Å². The summed E-state index contributed by atoms with van der Waals surface area (Å²) in [6.45, 7) is 1.64. The lowest BCUT2D eigenvalue weighted by atomic mass is 10.1. The molecule has 0 heterocycles. The molecule has 1 atom stereocenters. The lowest BCUT2D eigenvalue weighted by Crippen LogP contribution is -2.33. The SMILES string of the molecule is CSc1cc(C(=O)N(C)CC(C)C(=O)O)ccc1F. The van der Waals surface area contributed by atoms with E-state index in [2.05, 4.69) is 0 Å². The molecule has 1 aromatic rings. The Labute approximate surface area is 115 Å². The maximum atomic E-state index is 13.3. The van der Waals surface area contributed by atoms with Gasteiger partial charge in [0.2, 0.25) is 0 Å². The lowest BCUT2D eigenvalue weighted by molar-refractivity contribution is -0.141. The molecule has 0 saturated heterocycles. The number of nitrogens with zero attached hydrogens (tertiary/aromatic N) is 1. The van der Waals surface area contributed by atoms with Gasteiger partial charge in [0.05, 0.1) is 5.92 Å². The third-order valence-electron chi connectivity index (χ3n) is 2.71. The molecule has 1 unspecified atom stereocenters. The summed E-state index contributed by atoms with van der Waals surface area (Å²) in [5.74, 6) is -2.29. The van der Waals surface area contributed by atoms with Gasteiger partial charge in [0.25, 0.3) is 5.91 Å². The highest BCUT2D eigenvalue weighted by Gasteiger charge is 2.19. The summed E-state index contributed by atoms with van der Waals surface area (Å²) in [4.78, 5) is 24.6. The number of carbonyl (C=O) groups excluding carboxylic acids is 1. The standard InChI is InChI=1S/C13H16FNO3S/c1-8(13(17)18)7-15(2)12(16)9-4-5-10(14)11(6-9)19-3/h4-6,8H,7H2,1-3H3,(H,17,18). The second-order valence-corrected chi connectivity index (χ2v) is 5.12. The van der Waals surface area contributed by atoms with Crippen molar-refractivity contribution in [3.63, 3.8) is 0 Å². The predicted octanol–water partition coefficient (Wildman–Crippen LogP) is 2.34. The molecule has 0 spiro atoms. The molecule has 0 aliphatic carbocycles. The first-order valence-electron chi connectivity index (χ1n) is 5.68. The molecular weight excluding hydrogens is 269 g/mol. The van der Waals surface area contributed by atoms with Crippen LogP contribution in [-0.4, -0.2) is 41.7 Å². The number of amides is 1. The zero-order chi connectivity index (χ0) is 14.6. The quantitative estimate of drug-likeness (QED) is 0.844. The van der Waals surface area contributed by atoms with Crippen LogP contribution in [-0.2, 0) is 4.79 Å². The number of rotatable bonds is 5. The fraction of sp³-hybridized carbons (Fsp3) is 0.385. The van der Waals surface area contributed by atoms with Crippen molar-refractivity contribution < 1.29 is 19.1 Å². The Morgan fingerprint density at radius 1 is 1.47 bits per heavy atom. The van der Waals surface area contributed by atoms with Crippen LogP contribution >= 0.6 is 11.8 Å². The van der Waals surface area contributed by atoms with E-state index in [4.69, 9.17) is 5.11 Å². The van der Waals surface area contributed by atoms with Gasteiger partial charge < -0.3 is 10.0 Å². The molecule has 104 valence electrons. The number of benzene rings is 1. The van der Waals surface area contributed by atoms with Crippen molar-refractivity contribution in [3.05, 3.63) is 29.6 Å². The van der Waals surface area contributed by atoms with Crippen molar-refractivity contribution in [1.29, 1.82) is 0 Å². The Kier molecular flexibility index (Phi) is 5.35. The van der Waals surface area contributed by atoms with Gasteiger partial charge >= 0.3 is 5.97 Å². The van der Waals surface area contributed by atoms with Crippen LogP contribution in [0.15, 0.2) is 23.1 Å². The van der Waals surface area contributed by atoms with Crippen LogP contribution in [0.1, 0.15) is 17.3 Å². The fourth-order valence-corrected chi connectivity index (χ4v) is 2.09. The van der Waals surface area contributed by atoms with E-state index < -0.39 is 11.9 Å². The van der Waals surface area contributed by atoms with Crippen molar-refractivity contribution in [3.8, 4) is 0 Å². The van der Waals surface area contributed by atoms with Crippen LogP contribution in [0, 0.1) is 11.7 Å². The van der Waals surface area contributed by atoms with Gasteiger partial charge in [-0.25, -0.2) is 4.39 Å². The van der Waals surface area contributed by atoms with Crippen molar-refractivity contribution in [1.82, 2.24) is 4.90 Å². The number of carbonyl (C=O) groups is 2. The first kappa shape index (κ1) is 15.5. The monoisotopic (exact) mass is 285 g/mol. The third-order valence-corrected chi connectivity index (χ3v) is 3.47. The maximum Gasteiger partial charge on any atom is 0.308 e. The van der Waals surface area contributed by atoms with E-state index in [0.717, 1.165) is 0 Å². The first-order valence-corrected chi connectivity index (χ1v) is 6.91. The molecule has 1 amide bonds. The second-order valence-electron chi connectivity index (χ2n) is 4.27. The number of carboxylic acids is 1. The highest BCUT2D eigenvalue weighted by Crippen LogP contribution is 2.21. The van der Waals surface area contributed by atoms with Crippen LogP contribution in [0.4, 0.5) is 4.39 Å². The molecule has 1 aromatic carbocycles. The van der Waals surface area contributed by atoms with Gasteiger partial charge in [-0.05, 0) is 24.5 Å². The summed E-state index contributed by atoms with van der Waals surface area (Å²) in [6.07, 6.45) is 1.73. The molecule has 6 heteroatoms. The number of thioether (sulfide) groups is 1. The van der Waals surface area contributed by atoms with Gasteiger partial charge in [-0.1, -0.05) is 6.92 Å². The molecule has 0 saturated carbocycles. The molecule has 4 nitrogen and oxygen atoms in total. The second kappa shape index (κ2) is 6.56. The Balaban J connectivity index is 2.85. The Hall–Kier alpha value is -1.56. The average Bonchev–Trinajstić information content (AvgIpc) is 2.38. The zero-order valence-corrected chi connectivity index (χ0v) is 11.8. The summed E-state index contributed by atoms with van der Waals surface area (Å²) in [6, 6.07) is 4.12. The van der Waals surface area contributed by atoms with E-state index in [-0.39, 0.29) is 18.3 Å². The van der Waals surface area contributed by atoms with Crippen LogP contribution < -0.4 is 0 Å². The minimum Gasteiger partial charge on any atom is -0.481 e. The zero-order valence-electron chi connectivity index (χ0n) is 11.0. The number of halogens is 1. The minimum absolute atomic E-state index is 0.111. The number of hydrogen-bond acceptors (Lipinski definition) is 3. The smallest absolute Gasteiger partial charge is 0.308 e. The van der Waals surface area contributed by atoms with Crippen LogP contribution in [0.2, 0.25) is 0 Å². The van der Waals surface area contributed by atoms with Gasteiger partial charge in [0.1, 0.15) is 5.82 Å². The van der Waals surface area contributed by atoms with Crippen molar-refractivity contribution in [2.45, 2.75) is 11.8 Å². The molecule has 0 bridgehead atoms. The van der Waals surface area contributed by atoms with Crippen molar-refractivity contribution in [2.24, 2.45) is 5.92 Å². The Morgan fingerprint density at radius 2 is 2.11 bits per heavy atom. The summed E-state index contributed by atoms with van der Waals surface area (Å²) in [5.41, 5.74) is 0.353. The summed E-state index contributed by atoms with van der Waals surface area (Å²) in [7, 11) is 1.53. The summed E-state index contributed by atoms with van der Waals surface area (Å²) in [5, 5.41) is 8.81. The van der Waals surface area contributed by atoms with Crippen LogP contribution in [0.3, 0.4) is 0 Å². The molecule has 0 aromatic heterocycles. The van der Waals surface area contributed by atoms with Crippen molar-refractivity contribution >= 4 is 23.6 Å². The minimum atomic E-state index is -0.955. The molecular formula is C13H16FNO3S. The number of aliphatic carboxylic acids is 1. The van der Waals surface area contributed by atoms with E-state index in [1.54, 1.807) is 6.26 Å². The van der Waals surface area contributed by atoms with Gasteiger partial charge in [-0.15, -0.1) is 11.8 Å². The van der Waals surface area contributed by atoms with Gasteiger partial charge in [0.15, 0.2) is 0 Å². The third kappa shape index (κ3) is 3.96. The molecule has 0 fully saturated rings. The van der Waals surface area contributed by atoms with Gasteiger partial charge in [-0.3, -0.25) is 9.59 Å². The molecule has 1 rings (SSSR count).